The number of pyridine rings is 1. The van der Waals surface area contributed by atoms with E-state index in [1.165, 1.54) is 6.08 Å². The van der Waals surface area contributed by atoms with Gasteiger partial charge in [-0.1, -0.05) is 54.1 Å². The molecule has 1 unspecified atom stereocenters. The fourth-order valence-electron chi connectivity index (χ4n) is 3.35. The Bertz CT molecular complexity index is 1150. The second-order valence-electron chi connectivity index (χ2n) is 6.69. The van der Waals surface area contributed by atoms with Crippen LogP contribution >= 0.6 is 11.6 Å². The first-order chi connectivity index (χ1) is 13.5. The first-order valence-corrected chi connectivity index (χ1v) is 9.22. The number of carbonyl (C=O) groups is 1. The van der Waals surface area contributed by atoms with E-state index in [0.717, 1.165) is 22.0 Å². The molecular formula is C21H18ClN3O3. The first kappa shape index (κ1) is 18.3. The number of allylic oxidation sites excluding steroid dienone is 1. The summed E-state index contributed by atoms with van der Waals surface area (Å²) in [6.45, 7) is 0. The standard InChI is InChI=1S/C21H18ClN3O3/c22-21(20(27)28)12-15(24-25-21)10-9-13-5-1-3-7-16(13)17-11-14-6-2-4-8-18(14)23-19(17)26/h1-8,11-12,24-25H,9-10H2,(H,23,26)(H,27,28). The molecule has 0 saturated heterocycles. The summed E-state index contributed by atoms with van der Waals surface area (Å²) in [6.07, 6.45) is 2.63. The minimum absolute atomic E-state index is 0.142. The third-order valence-corrected chi connectivity index (χ3v) is 5.18. The minimum atomic E-state index is -1.63. The Morgan fingerprint density at radius 2 is 1.79 bits per heavy atom. The molecule has 142 valence electrons. The predicted octanol–water partition coefficient (Wildman–Crippen LogP) is 3.14. The number of aliphatic carboxylic acids is 1. The fraction of sp³-hybridized carbons (Fsp3) is 0.143. The van der Waals surface area contributed by atoms with Crippen LogP contribution in [0.4, 0.5) is 0 Å². The molecule has 0 fully saturated rings. The van der Waals surface area contributed by atoms with Crippen molar-refractivity contribution in [2.24, 2.45) is 0 Å². The molecular weight excluding hydrogens is 378 g/mol. The van der Waals surface area contributed by atoms with Crippen molar-refractivity contribution in [3.05, 3.63) is 82.3 Å². The van der Waals surface area contributed by atoms with E-state index in [1.807, 2.05) is 54.6 Å². The van der Waals surface area contributed by atoms with Crippen LogP contribution in [-0.4, -0.2) is 21.1 Å². The van der Waals surface area contributed by atoms with Gasteiger partial charge in [0.15, 0.2) is 0 Å². The summed E-state index contributed by atoms with van der Waals surface area (Å²) in [5.74, 6) is -1.17. The summed E-state index contributed by atoms with van der Waals surface area (Å²) < 4.78 is 0. The summed E-state index contributed by atoms with van der Waals surface area (Å²) in [5, 5.41) is 10.1. The molecule has 4 N–H and O–H groups in total. The smallest absolute Gasteiger partial charge is 0.345 e. The summed E-state index contributed by atoms with van der Waals surface area (Å²) in [4.78, 5) is 25.1. The molecule has 3 aromatic rings. The van der Waals surface area contributed by atoms with E-state index in [2.05, 4.69) is 15.8 Å². The van der Waals surface area contributed by atoms with Gasteiger partial charge in [0.2, 0.25) is 5.00 Å². The molecule has 0 amide bonds. The average molecular weight is 396 g/mol. The van der Waals surface area contributed by atoms with E-state index >= 15 is 0 Å². The summed E-state index contributed by atoms with van der Waals surface area (Å²) in [5.41, 5.74) is 9.20. The molecule has 7 heteroatoms. The number of rotatable bonds is 5. The van der Waals surface area contributed by atoms with Crippen LogP contribution in [0.3, 0.4) is 0 Å². The lowest BCUT2D eigenvalue weighted by atomic mass is 9.96. The highest BCUT2D eigenvalue weighted by molar-refractivity contribution is 6.35. The maximum Gasteiger partial charge on any atom is 0.345 e. The van der Waals surface area contributed by atoms with Crippen LogP contribution in [0.15, 0.2) is 71.2 Å². The number of nitrogens with one attached hydrogen (secondary N) is 3. The summed E-state index contributed by atoms with van der Waals surface area (Å²) in [6, 6.07) is 17.3. The zero-order valence-electron chi connectivity index (χ0n) is 14.8. The Morgan fingerprint density at radius 1 is 1.04 bits per heavy atom. The maximum absolute atomic E-state index is 12.6. The largest absolute Gasteiger partial charge is 0.479 e. The highest BCUT2D eigenvalue weighted by Gasteiger charge is 2.38. The van der Waals surface area contributed by atoms with E-state index in [9.17, 15) is 9.59 Å². The lowest BCUT2D eigenvalue weighted by molar-refractivity contribution is -0.139. The average Bonchev–Trinajstić information content (AvgIpc) is 3.09. The van der Waals surface area contributed by atoms with E-state index in [1.54, 1.807) is 0 Å². The van der Waals surface area contributed by atoms with Gasteiger partial charge in [0, 0.05) is 16.8 Å². The number of benzene rings is 2. The maximum atomic E-state index is 12.6. The van der Waals surface area contributed by atoms with Crippen LogP contribution in [0.5, 0.6) is 0 Å². The first-order valence-electron chi connectivity index (χ1n) is 8.84. The molecule has 1 aromatic heterocycles. The molecule has 28 heavy (non-hydrogen) atoms. The summed E-state index contributed by atoms with van der Waals surface area (Å²) >= 11 is 5.99. The zero-order chi connectivity index (χ0) is 19.7. The monoisotopic (exact) mass is 395 g/mol. The van der Waals surface area contributed by atoms with Gasteiger partial charge in [-0.15, -0.1) is 0 Å². The van der Waals surface area contributed by atoms with Crippen molar-refractivity contribution in [1.82, 2.24) is 15.8 Å². The van der Waals surface area contributed by atoms with Gasteiger partial charge in [0.1, 0.15) is 0 Å². The van der Waals surface area contributed by atoms with Crippen molar-refractivity contribution in [2.75, 3.05) is 0 Å². The van der Waals surface area contributed by atoms with Crippen LogP contribution in [0, 0.1) is 0 Å². The van der Waals surface area contributed by atoms with Gasteiger partial charge >= 0.3 is 5.97 Å². The number of H-pyrrole nitrogens is 1. The number of alkyl halides is 1. The lowest BCUT2D eigenvalue weighted by Gasteiger charge is -2.12. The normalized spacial score (nSPS) is 18.7. The van der Waals surface area contributed by atoms with Gasteiger partial charge in [-0.25, -0.2) is 10.2 Å². The molecule has 0 bridgehead atoms. The second-order valence-corrected chi connectivity index (χ2v) is 7.29. The highest BCUT2D eigenvalue weighted by atomic mass is 35.5. The van der Waals surface area contributed by atoms with Crippen molar-refractivity contribution < 1.29 is 9.90 Å². The summed E-state index contributed by atoms with van der Waals surface area (Å²) in [7, 11) is 0. The number of hydrogen-bond acceptors (Lipinski definition) is 4. The van der Waals surface area contributed by atoms with Crippen LogP contribution < -0.4 is 16.4 Å². The number of fused-ring (bicyclic) bond motifs is 1. The Labute approximate surface area is 165 Å². The second kappa shape index (κ2) is 7.14. The highest BCUT2D eigenvalue weighted by Crippen LogP contribution is 2.26. The molecule has 2 aromatic carbocycles. The molecule has 0 radical (unpaired) electrons. The quantitative estimate of drug-likeness (QED) is 0.393. The number of aromatic nitrogens is 1. The van der Waals surface area contributed by atoms with Gasteiger partial charge in [0.05, 0.1) is 0 Å². The number of aromatic amines is 1. The van der Waals surface area contributed by atoms with Gasteiger partial charge in [0.25, 0.3) is 5.56 Å². The number of carboxylic acids is 1. The van der Waals surface area contributed by atoms with Crippen LogP contribution in [0.1, 0.15) is 12.0 Å². The molecule has 0 saturated carbocycles. The Morgan fingerprint density at radius 3 is 2.57 bits per heavy atom. The molecule has 4 rings (SSSR count). The number of carboxylic acid groups (broad SMARTS) is 1. The minimum Gasteiger partial charge on any atom is -0.479 e. The SMILES string of the molecule is O=C(O)C1(Cl)C=C(CCc2ccccc2-c2cc3ccccc3[nH]c2=O)NN1. The molecule has 6 nitrogen and oxygen atoms in total. The molecule has 0 aliphatic carbocycles. The van der Waals surface area contributed by atoms with E-state index in [-0.39, 0.29) is 5.56 Å². The van der Waals surface area contributed by atoms with Crippen LogP contribution in [0.25, 0.3) is 22.0 Å². The van der Waals surface area contributed by atoms with Gasteiger partial charge in [-0.05, 0) is 47.6 Å². The fourth-order valence-corrected chi connectivity index (χ4v) is 3.53. The number of halogens is 1. The number of hydrazine groups is 1. The van der Waals surface area contributed by atoms with Crippen LogP contribution in [-0.2, 0) is 11.2 Å². The van der Waals surface area contributed by atoms with Crippen LogP contribution in [0.2, 0.25) is 0 Å². The molecule has 1 aliphatic heterocycles. The van der Waals surface area contributed by atoms with Crippen molar-refractivity contribution in [3.63, 3.8) is 0 Å². The van der Waals surface area contributed by atoms with Gasteiger partial charge in [-0.2, -0.15) is 0 Å². The van der Waals surface area contributed by atoms with Crippen molar-refractivity contribution in [3.8, 4) is 11.1 Å². The Balaban J connectivity index is 1.65. The van der Waals surface area contributed by atoms with Gasteiger partial charge < -0.3 is 15.5 Å². The number of aryl methyl sites for hydroxylation is 1. The lowest BCUT2D eigenvalue weighted by Crippen LogP contribution is -2.46. The van der Waals surface area contributed by atoms with Crippen molar-refractivity contribution in [2.45, 2.75) is 17.8 Å². The third kappa shape index (κ3) is 3.40. The van der Waals surface area contributed by atoms with E-state index < -0.39 is 11.0 Å². The molecule has 2 heterocycles. The van der Waals surface area contributed by atoms with Crippen molar-refractivity contribution >= 4 is 28.5 Å². The molecule has 0 spiro atoms. The number of hydrogen-bond donors (Lipinski definition) is 4. The van der Waals surface area contributed by atoms with Gasteiger partial charge in [-0.3, -0.25) is 4.79 Å². The predicted molar refractivity (Wildman–Crippen MR) is 109 cm³/mol. The zero-order valence-corrected chi connectivity index (χ0v) is 15.6. The van der Waals surface area contributed by atoms with E-state index in [0.29, 0.717) is 24.1 Å². The molecule has 1 aliphatic rings. The Kier molecular flexibility index (Phi) is 4.66. The number of para-hydroxylation sites is 1. The third-order valence-electron chi connectivity index (χ3n) is 4.81. The molecule has 1 atom stereocenters. The topological polar surface area (TPSA) is 94.2 Å². The Hall–Kier alpha value is -3.09. The van der Waals surface area contributed by atoms with E-state index in [4.69, 9.17) is 16.7 Å². The van der Waals surface area contributed by atoms with Crippen molar-refractivity contribution in [1.29, 1.82) is 0 Å².